The van der Waals surface area contributed by atoms with Crippen LogP contribution in [0.25, 0.3) is 0 Å². The van der Waals surface area contributed by atoms with Crippen molar-refractivity contribution in [3.63, 3.8) is 0 Å². The molecule has 0 spiro atoms. The van der Waals surface area contributed by atoms with Gasteiger partial charge in [-0.2, -0.15) is 17.5 Å². The average Bonchev–Trinajstić information content (AvgIpc) is 3.30. The predicted octanol–water partition coefficient (Wildman–Crippen LogP) is 2.36. The summed E-state index contributed by atoms with van der Waals surface area (Å²) in [6.07, 6.45) is -0.156. The van der Waals surface area contributed by atoms with Crippen molar-refractivity contribution in [3.8, 4) is 0 Å². The number of fused-ring (bicyclic) bond motifs is 1. The number of sulfonamides is 1. The van der Waals surface area contributed by atoms with Crippen LogP contribution in [0.2, 0.25) is 0 Å². The Morgan fingerprint density at radius 2 is 1.93 bits per heavy atom. The molecule has 2 unspecified atom stereocenters. The number of carbonyl (C=O) groups is 1. The number of nitrogens with one attached hydrogen (secondary N) is 2. The Morgan fingerprint density at radius 1 is 1.13 bits per heavy atom. The summed E-state index contributed by atoms with van der Waals surface area (Å²) in [4.78, 5) is 12.2. The number of alkyl halides is 3. The van der Waals surface area contributed by atoms with Gasteiger partial charge < -0.3 is 10.6 Å². The molecule has 2 aliphatic heterocycles. The number of rotatable bonds is 4. The van der Waals surface area contributed by atoms with E-state index in [0.29, 0.717) is 6.07 Å². The van der Waals surface area contributed by atoms with Gasteiger partial charge in [-0.1, -0.05) is 12.5 Å². The molecule has 4 atom stereocenters. The van der Waals surface area contributed by atoms with Crippen LogP contribution in [0.1, 0.15) is 37.7 Å². The number of carbonyl (C=O) groups excluding carboxylic acids is 1. The zero-order valence-corrected chi connectivity index (χ0v) is 17.3. The van der Waals surface area contributed by atoms with Crippen LogP contribution in [-0.2, 0) is 21.0 Å². The minimum Gasteiger partial charge on any atom is -0.352 e. The molecule has 4 rings (SSSR count). The van der Waals surface area contributed by atoms with Crippen LogP contribution in [-0.4, -0.2) is 50.3 Å². The summed E-state index contributed by atoms with van der Waals surface area (Å²) in [5, 5.41) is 6.30. The van der Waals surface area contributed by atoms with Gasteiger partial charge in [0.1, 0.15) is 0 Å². The smallest absolute Gasteiger partial charge is 0.352 e. The molecule has 0 bridgehead atoms. The first-order chi connectivity index (χ1) is 14.2. The molecule has 166 valence electrons. The molecule has 1 aliphatic carbocycles. The molecule has 10 heteroatoms. The minimum atomic E-state index is -4.60. The lowest BCUT2D eigenvalue weighted by atomic mass is 9.97. The van der Waals surface area contributed by atoms with Gasteiger partial charge in [0.25, 0.3) is 0 Å². The first kappa shape index (κ1) is 21.6. The number of nitrogens with zero attached hydrogens (tertiary/aromatic N) is 1. The topological polar surface area (TPSA) is 78.5 Å². The van der Waals surface area contributed by atoms with Gasteiger partial charge in [0, 0.05) is 19.1 Å². The third-order valence-electron chi connectivity index (χ3n) is 6.58. The molecule has 0 aromatic heterocycles. The van der Waals surface area contributed by atoms with Gasteiger partial charge in [-0.3, -0.25) is 4.79 Å². The highest BCUT2D eigenvalue weighted by Gasteiger charge is 2.47. The zero-order chi connectivity index (χ0) is 21.5. The first-order valence-electron chi connectivity index (χ1n) is 10.4. The summed E-state index contributed by atoms with van der Waals surface area (Å²) < 4.78 is 66.2. The van der Waals surface area contributed by atoms with Crippen molar-refractivity contribution in [1.82, 2.24) is 14.9 Å². The normalized spacial score (nSPS) is 30.2. The van der Waals surface area contributed by atoms with Crippen molar-refractivity contribution in [3.05, 3.63) is 29.8 Å². The molecule has 1 aromatic carbocycles. The van der Waals surface area contributed by atoms with Crippen LogP contribution in [0, 0.1) is 11.8 Å². The number of halogens is 3. The van der Waals surface area contributed by atoms with Gasteiger partial charge >= 0.3 is 6.18 Å². The van der Waals surface area contributed by atoms with Crippen molar-refractivity contribution in [1.29, 1.82) is 0 Å². The SMILES string of the molecule is O=C(NC1CC[C@H]2CN(S(=O)(=O)c3cccc(C(F)(F)F)c3)CC12)[C@@H]1CCCCN1. The van der Waals surface area contributed by atoms with Crippen molar-refractivity contribution in [2.45, 2.75) is 55.3 Å². The summed E-state index contributed by atoms with van der Waals surface area (Å²) in [7, 11) is -4.03. The molecule has 2 saturated heterocycles. The highest BCUT2D eigenvalue weighted by Crippen LogP contribution is 2.40. The van der Waals surface area contributed by atoms with Crippen molar-refractivity contribution >= 4 is 15.9 Å². The Kier molecular flexibility index (Phi) is 5.84. The second-order valence-corrected chi connectivity index (χ2v) is 10.4. The molecule has 3 aliphatic rings. The summed E-state index contributed by atoms with van der Waals surface area (Å²) in [5.74, 6) is 0.0489. The molecular weight excluding hydrogens is 419 g/mol. The third kappa shape index (κ3) is 4.22. The molecular formula is C20H26F3N3O3S. The van der Waals surface area contributed by atoms with Crippen LogP contribution < -0.4 is 10.6 Å². The van der Waals surface area contributed by atoms with E-state index >= 15 is 0 Å². The third-order valence-corrected chi connectivity index (χ3v) is 8.40. The van der Waals surface area contributed by atoms with E-state index in [1.165, 1.54) is 10.4 Å². The summed E-state index contributed by atoms with van der Waals surface area (Å²) in [6, 6.07) is 3.57. The predicted molar refractivity (Wildman–Crippen MR) is 104 cm³/mol. The Morgan fingerprint density at radius 3 is 2.63 bits per heavy atom. The van der Waals surface area contributed by atoms with Crippen LogP contribution in [0.5, 0.6) is 0 Å². The molecule has 1 amide bonds. The second-order valence-electron chi connectivity index (χ2n) is 8.47. The van der Waals surface area contributed by atoms with Crippen molar-refractivity contribution < 1.29 is 26.4 Å². The largest absolute Gasteiger partial charge is 0.416 e. The maximum Gasteiger partial charge on any atom is 0.416 e. The van der Waals surface area contributed by atoms with E-state index in [0.717, 1.165) is 50.8 Å². The number of amides is 1. The monoisotopic (exact) mass is 445 g/mol. The quantitative estimate of drug-likeness (QED) is 0.746. The van der Waals surface area contributed by atoms with Gasteiger partial charge in [0.05, 0.1) is 16.5 Å². The van der Waals surface area contributed by atoms with Crippen LogP contribution >= 0.6 is 0 Å². The van der Waals surface area contributed by atoms with Crippen LogP contribution in [0.15, 0.2) is 29.2 Å². The fourth-order valence-electron chi connectivity index (χ4n) is 4.94. The highest BCUT2D eigenvalue weighted by molar-refractivity contribution is 7.89. The molecule has 1 saturated carbocycles. The minimum absolute atomic E-state index is 0.0156. The van der Waals surface area contributed by atoms with Gasteiger partial charge in [-0.05, 0) is 62.3 Å². The fourth-order valence-corrected chi connectivity index (χ4v) is 6.52. The first-order valence-corrected chi connectivity index (χ1v) is 11.8. The molecule has 30 heavy (non-hydrogen) atoms. The average molecular weight is 446 g/mol. The lowest BCUT2D eigenvalue weighted by Gasteiger charge is -2.27. The van der Waals surface area contributed by atoms with E-state index < -0.39 is 21.8 Å². The molecule has 0 radical (unpaired) electrons. The Bertz CT molecular complexity index is 900. The number of benzene rings is 1. The fraction of sp³-hybridized carbons (Fsp3) is 0.650. The second kappa shape index (κ2) is 8.12. The van der Waals surface area contributed by atoms with Gasteiger partial charge in [0.2, 0.25) is 15.9 Å². The number of piperidine rings is 1. The Balaban J connectivity index is 1.45. The van der Waals surface area contributed by atoms with E-state index in [1.807, 2.05) is 0 Å². The van der Waals surface area contributed by atoms with E-state index in [9.17, 15) is 26.4 Å². The van der Waals surface area contributed by atoms with Crippen LogP contribution in [0.3, 0.4) is 0 Å². The maximum absolute atomic E-state index is 13.0. The summed E-state index contributed by atoms with van der Waals surface area (Å²) in [5.41, 5.74) is -0.979. The lowest BCUT2D eigenvalue weighted by molar-refractivity contribution is -0.137. The maximum atomic E-state index is 13.0. The lowest BCUT2D eigenvalue weighted by Crippen LogP contribution is -2.51. The number of hydrogen-bond acceptors (Lipinski definition) is 4. The van der Waals surface area contributed by atoms with E-state index in [2.05, 4.69) is 10.6 Å². The van der Waals surface area contributed by atoms with Gasteiger partial charge in [0.15, 0.2) is 0 Å². The molecule has 2 heterocycles. The van der Waals surface area contributed by atoms with E-state index in [1.54, 1.807) is 0 Å². The summed E-state index contributed by atoms with van der Waals surface area (Å²) >= 11 is 0. The zero-order valence-electron chi connectivity index (χ0n) is 16.5. The van der Waals surface area contributed by atoms with Crippen molar-refractivity contribution in [2.24, 2.45) is 11.8 Å². The molecule has 6 nitrogen and oxygen atoms in total. The molecule has 2 N–H and O–H groups in total. The standard InChI is InChI=1S/C20H26F3N3O3S/c21-20(22,23)14-4-3-5-15(10-14)30(28,29)26-11-13-7-8-17(16(13)12-26)25-19(27)18-6-1-2-9-24-18/h3-5,10,13,16-18,24H,1-2,6-9,11-12H2,(H,25,27)/t13-,16?,17?,18-/m0/s1. The summed E-state index contributed by atoms with van der Waals surface area (Å²) in [6.45, 7) is 1.31. The number of hydrogen-bond donors (Lipinski definition) is 2. The van der Waals surface area contributed by atoms with Gasteiger partial charge in [-0.25, -0.2) is 8.42 Å². The van der Waals surface area contributed by atoms with E-state index in [4.69, 9.17) is 0 Å². The molecule has 3 fully saturated rings. The Hall–Kier alpha value is -1.65. The van der Waals surface area contributed by atoms with E-state index in [-0.39, 0.29) is 47.8 Å². The highest BCUT2D eigenvalue weighted by atomic mass is 32.2. The van der Waals surface area contributed by atoms with Gasteiger partial charge in [-0.15, -0.1) is 0 Å². The Labute approximate surface area is 174 Å². The molecule has 1 aromatic rings. The van der Waals surface area contributed by atoms with Crippen molar-refractivity contribution in [2.75, 3.05) is 19.6 Å². The van der Waals surface area contributed by atoms with Crippen LogP contribution in [0.4, 0.5) is 13.2 Å².